The molecule has 0 amide bonds. The van der Waals surface area contributed by atoms with Gasteiger partial charge in [0.15, 0.2) is 5.82 Å². The summed E-state index contributed by atoms with van der Waals surface area (Å²) in [6, 6.07) is 7.92. The zero-order valence-electron chi connectivity index (χ0n) is 11.5. The molecular formula is C13H16ClN5O. The Hall–Kier alpha value is -2.21. The van der Waals surface area contributed by atoms with Crippen LogP contribution in [-0.4, -0.2) is 41.4 Å². The molecule has 0 radical (unpaired) electrons. The number of nitrogens with zero attached hydrogens (tertiary/aromatic N) is 3. The Labute approximate surface area is 122 Å². The second-order valence-corrected chi connectivity index (χ2v) is 4.51. The predicted octanol–water partition coefficient (Wildman–Crippen LogP) is 2.45. The lowest BCUT2D eigenvalue weighted by Gasteiger charge is -2.03. The van der Waals surface area contributed by atoms with Crippen molar-refractivity contribution in [3.05, 3.63) is 24.3 Å². The lowest BCUT2D eigenvalue weighted by Crippen LogP contribution is -2.10. The molecule has 0 spiro atoms. The van der Waals surface area contributed by atoms with Crippen LogP contribution in [-0.2, 0) is 0 Å². The van der Waals surface area contributed by atoms with Crippen molar-refractivity contribution in [2.24, 2.45) is 0 Å². The van der Waals surface area contributed by atoms with E-state index in [0.29, 0.717) is 5.95 Å². The van der Waals surface area contributed by atoms with E-state index in [2.05, 4.69) is 20.2 Å². The van der Waals surface area contributed by atoms with Crippen molar-refractivity contribution in [2.45, 2.75) is 0 Å². The Kier molecular flexibility index (Phi) is 3.85. The second-order valence-electron chi connectivity index (χ2n) is 4.51. The van der Waals surface area contributed by atoms with Crippen molar-refractivity contribution < 1.29 is 4.74 Å². The Morgan fingerprint density at radius 3 is 2.65 bits per heavy atom. The number of hydrogen-bond donors (Lipinski definition) is 2. The van der Waals surface area contributed by atoms with Crippen LogP contribution in [0.1, 0.15) is 0 Å². The average molecular weight is 294 g/mol. The molecule has 0 aliphatic heterocycles. The first-order chi connectivity index (χ1) is 9.17. The highest BCUT2D eigenvalue weighted by atomic mass is 35.5. The predicted molar refractivity (Wildman–Crippen MR) is 81.8 cm³/mol. The third-order valence-corrected chi connectivity index (χ3v) is 2.96. The summed E-state index contributed by atoms with van der Waals surface area (Å²) in [5.74, 6) is 2.22. The van der Waals surface area contributed by atoms with Crippen LogP contribution in [0, 0.1) is 0 Å². The normalized spacial score (nSPS) is 10.3. The highest BCUT2D eigenvalue weighted by molar-refractivity contribution is 5.86. The molecule has 7 heteroatoms. The molecule has 20 heavy (non-hydrogen) atoms. The highest BCUT2D eigenvalue weighted by Gasteiger charge is 2.10. The highest BCUT2D eigenvalue weighted by Crippen LogP contribution is 2.25. The van der Waals surface area contributed by atoms with E-state index in [1.807, 2.05) is 43.3 Å². The standard InChI is InChI=1S/C13H15N5O.ClH/c1-18(2)13-15-12(16-17-13)11-7-8-6-9(19-3)4-5-10(8)14-11;/h4-7,14H,1-3H3,(H,15,16,17);1H. The monoisotopic (exact) mass is 293 g/mol. The van der Waals surface area contributed by atoms with Crippen LogP contribution >= 0.6 is 12.4 Å². The first kappa shape index (κ1) is 14.2. The maximum absolute atomic E-state index is 5.22. The number of benzene rings is 1. The third kappa shape index (κ3) is 2.42. The van der Waals surface area contributed by atoms with Gasteiger partial charge in [0.2, 0.25) is 5.95 Å². The van der Waals surface area contributed by atoms with Crippen molar-refractivity contribution in [3.8, 4) is 17.3 Å². The van der Waals surface area contributed by atoms with Gasteiger partial charge in [-0.25, -0.2) is 0 Å². The number of halogens is 1. The number of ether oxygens (including phenoxy) is 1. The number of hydrogen-bond acceptors (Lipinski definition) is 4. The summed E-state index contributed by atoms with van der Waals surface area (Å²) in [5.41, 5.74) is 1.95. The van der Waals surface area contributed by atoms with E-state index < -0.39 is 0 Å². The molecule has 1 aromatic carbocycles. The summed E-state index contributed by atoms with van der Waals surface area (Å²) in [6.45, 7) is 0. The van der Waals surface area contributed by atoms with Gasteiger partial charge < -0.3 is 14.6 Å². The Morgan fingerprint density at radius 1 is 1.20 bits per heavy atom. The Bertz CT molecular complexity index is 718. The van der Waals surface area contributed by atoms with Gasteiger partial charge in [0.25, 0.3) is 0 Å². The number of aromatic nitrogens is 4. The zero-order chi connectivity index (χ0) is 13.4. The van der Waals surface area contributed by atoms with Gasteiger partial charge in [-0.15, -0.1) is 17.5 Å². The largest absolute Gasteiger partial charge is 0.497 e. The Balaban J connectivity index is 0.00000147. The van der Waals surface area contributed by atoms with Gasteiger partial charge in [-0.1, -0.05) is 0 Å². The van der Waals surface area contributed by atoms with Gasteiger partial charge in [-0.2, -0.15) is 4.98 Å². The molecule has 2 heterocycles. The fraction of sp³-hybridized carbons (Fsp3) is 0.231. The van der Waals surface area contributed by atoms with Gasteiger partial charge in [0, 0.05) is 25.0 Å². The van der Waals surface area contributed by atoms with Crippen molar-refractivity contribution >= 4 is 29.3 Å². The summed E-state index contributed by atoms with van der Waals surface area (Å²) in [7, 11) is 5.47. The lowest BCUT2D eigenvalue weighted by atomic mass is 10.2. The van der Waals surface area contributed by atoms with Crippen LogP contribution in [0.25, 0.3) is 22.4 Å². The van der Waals surface area contributed by atoms with Gasteiger partial charge in [-0.3, -0.25) is 5.10 Å². The minimum absolute atomic E-state index is 0. The van der Waals surface area contributed by atoms with E-state index in [0.717, 1.165) is 28.2 Å². The lowest BCUT2D eigenvalue weighted by molar-refractivity contribution is 0.415. The van der Waals surface area contributed by atoms with E-state index in [-0.39, 0.29) is 12.4 Å². The molecule has 0 atom stereocenters. The van der Waals surface area contributed by atoms with E-state index in [1.165, 1.54) is 0 Å². The maximum Gasteiger partial charge on any atom is 0.244 e. The van der Waals surface area contributed by atoms with Crippen LogP contribution in [0.2, 0.25) is 0 Å². The zero-order valence-corrected chi connectivity index (χ0v) is 12.3. The average Bonchev–Trinajstić information content (AvgIpc) is 3.04. The smallest absolute Gasteiger partial charge is 0.244 e. The number of methoxy groups -OCH3 is 1. The molecule has 0 fully saturated rings. The number of aromatic amines is 2. The number of rotatable bonds is 3. The molecule has 0 aliphatic rings. The summed E-state index contributed by atoms with van der Waals surface area (Å²) in [5, 5.41) is 8.15. The maximum atomic E-state index is 5.22. The molecule has 0 unspecified atom stereocenters. The number of anilines is 1. The van der Waals surface area contributed by atoms with Crippen molar-refractivity contribution in [3.63, 3.8) is 0 Å². The Morgan fingerprint density at radius 2 is 2.00 bits per heavy atom. The van der Waals surface area contributed by atoms with E-state index >= 15 is 0 Å². The minimum atomic E-state index is 0. The molecular weight excluding hydrogens is 278 g/mol. The molecule has 106 valence electrons. The van der Waals surface area contributed by atoms with Crippen LogP contribution in [0.5, 0.6) is 5.75 Å². The van der Waals surface area contributed by atoms with Gasteiger partial charge in [-0.05, 0) is 24.3 Å². The fourth-order valence-electron chi connectivity index (χ4n) is 1.94. The molecule has 0 bridgehead atoms. The van der Waals surface area contributed by atoms with Crippen LogP contribution in [0.15, 0.2) is 24.3 Å². The molecule has 3 rings (SSSR count). The van der Waals surface area contributed by atoms with Crippen molar-refractivity contribution in [2.75, 3.05) is 26.1 Å². The number of nitrogens with one attached hydrogen (secondary N) is 2. The van der Waals surface area contributed by atoms with Crippen molar-refractivity contribution in [1.29, 1.82) is 0 Å². The first-order valence-corrected chi connectivity index (χ1v) is 5.94. The molecule has 2 aromatic heterocycles. The number of fused-ring (bicyclic) bond motifs is 1. The van der Waals surface area contributed by atoms with E-state index in [9.17, 15) is 0 Å². The molecule has 0 saturated carbocycles. The second kappa shape index (κ2) is 5.42. The van der Waals surface area contributed by atoms with E-state index in [4.69, 9.17) is 4.74 Å². The van der Waals surface area contributed by atoms with Gasteiger partial charge in [0.1, 0.15) is 5.75 Å². The summed E-state index contributed by atoms with van der Waals surface area (Å²) in [6.07, 6.45) is 0. The van der Waals surface area contributed by atoms with Crippen LogP contribution in [0.4, 0.5) is 5.95 Å². The molecule has 6 nitrogen and oxygen atoms in total. The third-order valence-electron chi connectivity index (χ3n) is 2.96. The SMILES string of the molecule is COc1ccc2[nH]c(-c3nc(N(C)C)n[nH]3)cc2c1.Cl. The molecule has 3 aromatic rings. The minimum Gasteiger partial charge on any atom is -0.497 e. The first-order valence-electron chi connectivity index (χ1n) is 5.94. The van der Waals surface area contributed by atoms with Crippen molar-refractivity contribution in [1.82, 2.24) is 20.2 Å². The molecule has 0 aliphatic carbocycles. The van der Waals surface area contributed by atoms with Crippen LogP contribution < -0.4 is 9.64 Å². The van der Waals surface area contributed by atoms with Gasteiger partial charge >= 0.3 is 0 Å². The summed E-state index contributed by atoms with van der Waals surface area (Å²) >= 11 is 0. The van der Waals surface area contributed by atoms with Gasteiger partial charge in [0.05, 0.1) is 12.8 Å². The van der Waals surface area contributed by atoms with Crippen LogP contribution in [0.3, 0.4) is 0 Å². The molecule has 0 saturated heterocycles. The summed E-state index contributed by atoms with van der Waals surface area (Å²) in [4.78, 5) is 9.58. The number of H-pyrrole nitrogens is 2. The quantitative estimate of drug-likeness (QED) is 0.778. The summed E-state index contributed by atoms with van der Waals surface area (Å²) < 4.78 is 5.22. The fourth-order valence-corrected chi connectivity index (χ4v) is 1.94. The molecule has 2 N–H and O–H groups in total. The topological polar surface area (TPSA) is 69.8 Å². The van der Waals surface area contributed by atoms with E-state index in [1.54, 1.807) is 7.11 Å².